The Labute approximate surface area is 62.3 Å². The van der Waals surface area contributed by atoms with Crippen LogP contribution in [0.25, 0.3) is 0 Å². The van der Waals surface area contributed by atoms with E-state index in [4.69, 9.17) is 4.74 Å². The molecule has 0 bridgehead atoms. The Kier molecular flexibility index (Phi) is 1.71. The van der Waals surface area contributed by atoms with Gasteiger partial charge in [-0.25, -0.2) is 0 Å². The van der Waals surface area contributed by atoms with Gasteiger partial charge >= 0.3 is 0 Å². The monoisotopic (exact) mass is 141 g/mol. The minimum absolute atomic E-state index is 0.0891. The number of nitrogens with zero attached hydrogens (tertiary/aromatic N) is 1. The standard InChI is InChI=1S/C8H15NO/c1-6(2)7-8(3,4)10-5-9-7/h5-7H,1-4H3. The maximum atomic E-state index is 5.32. The third-order valence-electron chi connectivity index (χ3n) is 1.92. The zero-order valence-electron chi connectivity index (χ0n) is 7.09. The van der Waals surface area contributed by atoms with Gasteiger partial charge in [-0.3, -0.25) is 4.99 Å². The highest BCUT2D eigenvalue weighted by molar-refractivity contribution is 5.51. The van der Waals surface area contributed by atoms with E-state index in [1.54, 1.807) is 6.40 Å². The molecule has 1 aliphatic heterocycles. The van der Waals surface area contributed by atoms with Crippen LogP contribution in [0.1, 0.15) is 27.7 Å². The van der Waals surface area contributed by atoms with Crippen molar-refractivity contribution < 1.29 is 4.74 Å². The highest BCUT2D eigenvalue weighted by Crippen LogP contribution is 2.27. The Hall–Kier alpha value is -0.530. The largest absolute Gasteiger partial charge is 0.476 e. The smallest absolute Gasteiger partial charge is 0.170 e. The summed E-state index contributed by atoms with van der Waals surface area (Å²) in [7, 11) is 0. The fourth-order valence-electron chi connectivity index (χ4n) is 1.46. The fourth-order valence-corrected chi connectivity index (χ4v) is 1.46. The van der Waals surface area contributed by atoms with E-state index in [-0.39, 0.29) is 5.60 Å². The van der Waals surface area contributed by atoms with Crippen molar-refractivity contribution in [3.8, 4) is 0 Å². The lowest BCUT2D eigenvalue weighted by molar-refractivity contribution is 0.0864. The molecule has 0 aromatic heterocycles. The molecule has 0 saturated carbocycles. The van der Waals surface area contributed by atoms with E-state index < -0.39 is 0 Å². The van der Waals surface area contributed by atoms with Crippen LogP contribution in [-0.4, -0.2) is 18.0 Å². The average Bonchev–Trinajstić information content (AvgIpc) is 2.08. The van der Waals surface area contributed by atoms with E-state index in [9.17, 15) is 0 Å². The number of hydrogen-bond donors (Lipinski definition) is 0. The summed E-state index contributed by atoms with van der Waals surface area (Å²) in [4.78, 5) is 4.24. The van der Waals surface area contributed by atoms with Crippen LogP contribution in [-0.2, 0) is 4.74 Å². The van der Waals surface area contributed by atoms with E-state index in [2.05, 4.69) is 32.7 Å². The van der Waals surface area contributed by atoms with Crippen LogP contribution < -0.4 is 0 Å². The lowest BCUT2D eigenvalue weighted by Crippen LogP contribution is -2.36. The van der Waals surface area contributed by atoms with Gasteiger partial charge in [0.15, 0.2) is 6.40 Å². The Morgan fingerprint density at radius 3 is 2.30 bits per heavy atom. The number of hydrogen-bond acceptors (Lipinski definition) is 2. The van der Waals surface area contributed by atoms with Gasteiger partial charge in [0.1, 0.15) is 5.60 Å². The highest BCUT2D eigenvalue weighted by Gasteiger charge is 2.36. The van der Waals surface area contributed by atoms with Gasteiger partial charge in [0.25, 0.3) is 0 Å². The van der Waals surface area contributed by atoms with E-state index in [0.717, 1.165) is 0 Å². The van der Waals surface area contributed by atoms with E-state index in [1.807, 2.05) is 0 Å². The topological polar surface area (TPSA) is 21.6 Å². The molecule has 1 atom stereocenters. The van der Waals surface area contributed by atoms with Crippen LogP contribution in [0.4, 0.5) is 0 Å². The predicted octanol–water partition coefficient (Wildman–Crippen LogP) is 1.85. The van der Waals surface area contributed by atoms with Crippen LogP contribution in [0.3, 0.4) is 0 Å². The van der Waals surface area contributed by atoms with Crippen molar-refractivity contribution >= 4 is 6.40 Å². The number of rotatable bonds is 1. The van der Waals surface area contributed by atoms with E-state index >= 15 is 0 Å². The maximum absolute atomic E-state index is 5.32. The van der Waals surface area contributed by atoms with Gasteiger partial charge in [0, 0.05) is 0 Å². The molecule has 1 rings (SSSR count). The Balaban J connectivity index is 2.67. The van der Waals surface area contributed by atoms with Crippen molar-refractivity contribution in [1.82, 2.24) is 0 Å². The molecule has 0 N–H and O–H groups in total. The maximum Gasteiger partial charge on any atom is 0.170 e. The second kappa shape index (κ2) is 2.26. The first-order valence-electron chi connectivity index (χ1n) is 3.73. The van der Waals surface area contributed by atoms with Crippen LogP contribution in [0.15, 0.2) is 4.99 Å². The summed E-state index contributed by atoms with van der Waals surface area (Å²) in [6, 6.07) is 0.326. The lowest BCUT2D eigenvalue weighted by Gasteiger charge is -2.26. The summed E-state index contributed by atoms with van der Waals surface area (Å²) in [6.07, 6.45) is 1.57. The van der Waals surface area contributed by atoms with Crippen molar-refractivity contribution in [2.45, 2.75) is 39.3 Å². The van der Waals surface area contributed by atoms with Gasteiger partial charge in [-0.1, -0.05) is 13.8 Å². The molecule has 1 aliphatic rings. The summed E-state index contributed by atoms with van der Waals surface area (Å²) in [6.45, 7) is 8.48. The van der Waals surface area contributed by atoms with Crippen LogP contribution >= 0.6 is 0 Å². The third kappa shape index (κ3) is 1.15. The number of ether oxygens (including phenoxy) is 1. The molecule has 0 aromatic carbocycles. The SMILES string of the molecule is CC(C)C1N=COC1(C)C. The molecule has 0 aromatic rings. The zero-order chi connectivity index (χ0) is 7.78. The molecular formula is C8H15NO. The molecule has 0 spiro atoms. The lowest BCUT2D eigenvalue weighted by atomic mass is 9.90. The molecule has 0 fully saturated rings. The second-order valence-corrected chi connectivity index (χ2v) is 3.66. The van der Waals surface area contributed by atoms with Gasteiger partial charge in [-0.15, -0.1) is 0 Å². The van der Waals surface area contributed by atoms with Crippen molar-refractivity contribution in [2.24, 2.45) is 10.9 Å². The van der Waals surface area contributed by atoms with Crippen molar-refractivity contribution in [1.29, 1.82) is 0 Å². The molecule has 0 saturated heterocycles. The van der Waals surface area contributed by atoms with Gasteiger partial charge in [0.2, 0.25) is 0 Å². The highest BCUT2D eigenvalue weighted by atomic mass is 16.5. The summed E-state index contributed by atoms with van der Waals surface area (Å²) < 4.78 is 5.32. The van der Waals surface area contributed by atoms with Crippen LogP contribution in [0, 0.1) is 5.92 Å². The van der Waals surface area contributed by atoms with Gasteiger partial charge in [-0.05, 0) is 19.8 Å². The first kappa shape index (κ1) is 7.58. The van der Waals surface area contributed by atoms with Crippen LogP contribution in [0.5, 0.6) is 0 Å². The summed E-state index contributed by atoms with van der Waals surface area (Å²) in [5.41, 5.74) is -0.0891. The minimum Gasteiger partial charge on any atom is -0.476 e. The molecule has 2 heteroatoms. The van der Waals surface area contributed by atoms with Gasteiger partial charge in [0.05, 0.1) is 6.04 Å². The Morgan fingerprint density at radius 1 is 1.50 bits per heavy atom. The van der Waals surface area contributed by atoms with Gasteiger partial charge in [-0.2, -0.15) is 0 Å². The van der Waals surface area contributed by atoms with E-state index in [0.29, 0.717) is 12.0 Å². The molecule has 0 aliphatic carbocycles. The molecule has 58 valence electrons. The van der Waals surface area contributed by atoms with Gasteiger partial charge < -0.3 is 4.74 Å². The Bertz CT molecular complexity index is 149. The predicted molar refractivity (Wildman–Crippen MR) is 42.3 cm³/mol. The summed E-state index contributed by atoms with van der Waals surface area (Å²) in [5.74, 6) is 0.564. The van der Waals surface area contributed by atoms with Crippen molar-refractivity contribution in [3.05, 3.63) is 0 Å². The molecule has 0 radical (unpaired) electrons. The van der Waals surface area contributed by atoms with Crippen molar-refractivity contribution in [2.75, 3.05) is 0 Å². The molecule has 1 heterocycles. The average molecular weight is 141 g/mol. The summed E-state index contributed by atoms with van der Waals surface area (Å²) >= 11 is 0. The van der Waals surface area contributed by atoms with Crippen LogP contribution in [0.2, 0.25) is 0 Å². The first-order chi connectivity index (χ1) is 4.54. The molecule has 2 nitrogen and oxygen atoms in total. The third-order valence-corrected chi connectivity index (χ3v) is 1.92. The molecule has 1 unspecified atom stereocenters. The first-order valence-corrected chi connectivity index (χ1v) is 3.73. The van der Waals surface area contributed by atoms with Crippen molar-refractivity contribution in [3.63, 3.8) is 0 Å². The zero-order valence-corrected chi connectivity index (χ0v) is 7.09. The van der Waals surface area contributed by atoms with E-state index in [1.165, 1.54) is 0 Å². The molecule has 0 amide bonds. The number of aliphatic imine (C=N–C) groups is 1. The summed E-state index contributed by atoms with van der Waals surface area (Å²) in [5, 5.41) is 0. The Morgan fingerprint density at radius 2 is 2.10 bits per heavy atom. The minimum atomic E-state index is -0.0891. The normalized spacial score (nSPS) is 29.1. The molecular weight excluding hydrogens is 126 g/mol. The molecule has 10 heavy (non-hydrogen) atoms. The quantitative estimate of drug-likeness (QED) is 0.546. The second-order valence-electron chi connectivity index (χ2n) is 3.66. The fraction of sp³-hybridized carbons (Fsp3) is 0.875.